The third-order valence-corrected chi connectivity index (χ3v) is 4.98. The fraction of sp³-hybridized carbons (Fsp3) is 0.393. The number of esters is 2. The number of nitrogens with one attached hydrogen (secondary N) is 1. The molecule has 0 aliphatic heterocycles. The van der Waals surface area contributed by atoms with Crippen LogP contribution in [0.1, 0.15) is 68.8 Å². The van der Waals surface area contributed by atoms with E-state index in [4.69, 9.17) is 14.2 Å². The van der Waals surface area contributed by atoms with E-state index >= 15 is 0 Å². The predicted molar refractivity (Wildman–Crippen MR) is 135 cm³/mol. The summed E-state index contributed by atoms with van der Waals surface area (Å²) in [6.45, 7) is 6.28. The molecule has 0 saturated carbocycles. The van der Waals surface area contributed by atoms with E-state index < -0.39 is 11.9 Å². The van der Waals surface area contributed by atoms with Gasteiger partial charge in [0.1, 0.15) is 0 Å². The van der Waals surface area contributed by atoms with Crippen molar-refractivity contribution in [2.45, 2.75) is 59.3 Å². The molecule has 0 atom stereocenters. The third-order valence-electron chi connectivity index (χ3n) is 4.98. The molecule has 0 spiro atoms. The highest BCUT2D eigenvalue weighted by Crippen LogP contribution is 2.27. The van der Waals surface area contributed by atoms with Gasteiger partial charge in [-0.25, -0.2) is 9.59 Å². The number of aryl methyl sites for hydroxylation is 1. The van der Waals surface area contributed by atoms with E-state index in [2.05, 4.69) is 12.2 Å². The first-order valence-electron chi connectivity index (χ1n) is 12.2. The number of unbranched alkanes of at least 4 members (excludes halogenated alkanes) is 2. The van der Waals surface area contributed by atoms with Crippen LogP contribution < -0.4 is 10.1 Å². The van der Waals surface area contributed by atoms with Crippen molar-refractivity contribution < 1.29 is 28.6 Å². The highest BCUT2D eigenvalue weighted by Gasteiger charge is 2.19. The molecule has 0 fully saturated rings. The molecule has 0 heterocycles. The maximum Gasteiger partial charge on any atom is 0.374 e. The number of hydrogen-bond acceptors (Lipinski definition) is 6. The van der Waals surface area contributed by atoms with Crippen LogP contribution in [-0.4, -0.2) is 31.1 Å². The lowest BCUT2D eigenvalue weighted by Gasteiger charge is -2.14. The summed E-state index contributed by atoms with van der Waals surface area (Å²) in [5, 5.41) is 2.81. The van der Waals surface area contributed by atoms with Gasteiger partial charge in [0.05, 0.1) is 25.0 Å². The van der Waals surface area contributed by atoms with E-state index in [1.54, 1.807) is 36.4 Å². The molecule has 7 nitrogen and oxygen atoms in total. The highest BCUT2D eigenvalue weighted by molar-refractivity contribution is 6.05. The molecule has 1 N–H and O–H groups in total. The van der Waals surface area contributed by atoms with Crippen LogP contribution in [0.25, 0.3) is 0 Å². The van der Waals surface area contributed by atoms with Gasteiger partial charge in [0.15, 0.2) is 5.75 Å². The topological polar surface area (TPSA) is 90.9 Å². The molecule has 0 aliphatic carbocycles. The lowest BCUT2D eigenvalue weighted by atomic mass is 10.1. The maximum absolute atomic E-state index is 12.8. The van der Waals surface area contributed by atoms with Gasteiger partial charge in [0.25, 0.3) is 5.91 Å². The molecule has 0 aromatic heterocycles. The fourth-order valence-electron chi connectivity index (χ4n) is 3.12. The average molecular weight is 482 g/mol. The molecule has 7 heteroatoms. The predicted octanol–water partition coefficient (Wildman–Crippen LogP) is 5.84. The number of ether oxygens (including phenoxy) is 3. The molecule has 0 radical (unpaired) electrons. The number of carbonyl (C=O) groups excluding carboxylic acids is 3. The molecular weight excluding hydrogens is 446 g/mol. The Morgan fingerprint density at radius 3 is 2.20 bits per heavy atom. The van der Waals surface area contributed by atoms with Crippen LogP contribution in [0.5, 0.6) is 5.75 Å². The Morgan fingerprint density at radius 2 is 1.51 bits per heavy atom. The number of benzene rings is 2. The first-order valence-corrected chi connectivity index (χ1v) is 12.2. The molecule has 2 aromatic carbocycles. The quantitative estimate of drug-likeness (QED) is 0.158. The molecule has 188 valence electrons. The van der Waals surface area contributed by atoms with Gasteiger partial charge in [0, 0.05) is 5.56 Å². The number of para-hydroxylation sites is 2. The number of amides is 1. The monoisotopic (exact) mass is 481 g/mol. The zero-order chi connectivity index (χ0) is 25.5. The van der Waals surface area contributed by atoms with Gasteiger partial charge in [-0.3, -0.25) is 4.79 Å². The second-order valence-electron chi connectivity index (χ2n) is 8.02. The van der Waals surface area contributed by atoms with Crippen LogP contribution in [0.3, 0.4) is 0 Å². The highest BCUT2D eigenvalue weighted by atomic mass is 16.6. The van der Waals surface area contributed by atoms with Crippen LogP contribution >= 0.6 is 0 Å². The van der Waals surface area contributed by atoms with Crippen LogP contribution in [0.2, 0.25) is 0 Å². The Morgan fingerprint density at radius 1 is 0.829 bits per heavy atom. The Balaban J connectivity index is 2.17. The lowest BCUT2D eigenvalue weighted by Crippen LogP contribution is -2.18. The Bertz CT molecular complexity index is 997. The van der Waals surface area contributed by atoms with Crippen LogP contribution in [-0.2, 0) is 25.5 Å². The molecule has 0 saturated heterocycles. The Hall–Kier alpha value is -3.61. The summed E-state index contributed by atoms with van der Waals surface area (Å²) < 4.78 is 15.9. The minimum Gasteiger partial charge on any atom is -0.462 e. The number of anilines is 1. The van der Waals surface area contributed by atoms with E-state index in [0.29, 0.717) is 24.1 Å². The molecular formula is C28H35NO6. The molecule has 2 rings (SSSR count). The average Bonchev–Trinajstić information content (AvgIpc) is 2.87. The normalized spacial score (nSPS) is 11.0. The van der Waals surface area contributed by atoms with Crippen LogP contribution in [0.4, 0.5) is 5.69 Å². The van der Waals surface area contributed by atoms with Crippen molar-refractivity contribution in [3.8, 4) is 5.75 Å². The summed E-state index contributed by atoms with van der Waals surface area (Å²) in [6.07, 6.45) is 6.66. The van der Waals surface area contributed by atoms with Crippen LogP contribution in [0.15, 0.2) is 60.4 Å². The van der Waals surface area contributed by atoms with E-state index in [1.165, 1.54) is 12.0 Å². The minimum atomic E-state index is -0.792. The summed E-state index contributed by atoms with van der Waals surface area (Å²) in [4.78, 5) is 37.4. The van der Waals surface area contributed by atoms with Crippen molar-refractivity contribution in [1.82, 2.24) is 0 Å². The maximum atomic E-state index is 12.8. The molecule has 0 unspecified atom stereocenters. The first-order chi connectivity index (χ1) is 17.0. The first kappa shape index (κ1) is 27.6. The summed E-state index contributed by atoms with van der Waals surface area (Å²) in [7, 11) is 0. The standard InChI is InChI=1S/C28H35NO6/c1-4-7-8-11-21-14-16-22(17-15-21)27(31)29-23-12-9-10-13-24(23)35-25(28(32)34-19-6-3)20-26(30)33-18-5-2/h9-10,12-17,20H,4-8,11,18-19H2,1-3H3,(H,29,31)/b25-20+. The molecule has 35 heavy (non-hydrogen) atoms. The molecule has 2 aromatic rings. The molecule has 0 aliphatic rings. The molecule has 0 bridgehead atoms. The van der Waals surface area contributed by atoms with Crippen molar-refractivity contribution >= 4 is 23.5 Å². The summed E-state index contributed by atoms with van der Waals surface area (Å²) in [6, 6.07) is 14.2. The van der Waals surface area contributed by atoms with E-state index in [9.17, 15) is 14.4 Å². The smallest absolute Gasteiger partial charge is 0.374 e. The summed E-state index contributed by atoms with van der Waals surface area (Å²) in [5.74, 6) is -1.95. The van der Waals surface area contributed by atoms with Crippen molar-refractivity contribution in [2.24, 2.45) is 0 Å². The van der Waals surface area contributed by atoms with Crippen molar-refractivity contribution in [1.29, 1.82) is 0 Å². The van der Waals surface area contributed by atoms with Gasteiger partial charge in [0.2, 0.25) is 5.76 Å². The SMILES string of the molecule is CCCCCc1ccc(C(=O)Nc2ccccc2O/C(=C/C(=O)OCCC)C(=O)OCCC)cc1. The number of hydrogen-bond donors (Lipinski definition) is 1. The fourth-order valence-corrected chi connectivity index (χ4v) is 3.12. The van der Waals surface area contributed by atoms with Crippen LogP contribution in [0, 0.1) is 0 Å². The van der Waals surface area contributed by atoms with Gasteiger partial charge in [-0.05, 0) is 55.5 Å². The van der Waals surface area contributed by atoms with E-state index in [0.717, 1.165) is 25.3 Å². The zero-order valence-corrected chi connectivity index (χ0v) is 20.8. The summed E-state index contributed by atoms with van der Waals surface area (Å²) in [5.41, 5.74) is 2.04. The van der Waals surface area contributed by atoms with Gasteiger partial charge in [-0.2, -0.15) is 0 Å². The van der Waals surface area contributed by atoms with Gasteiger partial charge < -0.3 is 19.5 Å². The lowest BCUT2D eigenvalue weighted by molar-refractivity contribution is -0.143. The van der Waals surface area contributed by atoms with Crippen molar-refractivity contribution in [2.75, 3.05) is 18.5 Å². The second-order valence-corrected chi connectivity index (χ2v) is 8.02. The van der Waals surface area contributed by atoms with Crippen molar-refractivity contribution in [3.63, 3.8) is 0 Å². The van der Waals surface area contributed by atoms with E-state index in [1.807, 2.05) is 26.0 Å². The largest absolute Gasteiger partial charge is 0.462 e. The minimum absolute atomic E-state index is 0.177. The third kappa shape index (κ3) is 9.65. The zero-order valence-electron chi connectivity index (χ0n) is 20.8. The Kier molecular flexibility index (Phi) is 12.1. The van der Waals surface area contributed by atoms with Crippen molar-refractivity contribution in [3.05, 3.63) is 71.5 Å². The number of carbonyl (C=O) groups is 3. The second kappa shape index (κ2) is 15.3. The van der Waals surface area contributed by atoms with E-state index in [-0.39, 0.29) is 30.6 Å². The van der Waals surface area contributed by atoms with Gasteiger partial charge in [-0.15, -0.1) is 0 Å². The Labute approximate surface area is 207 Å². The van der Waals surface area contributed by atoms with Gasteiger partial charge in [-0.1, -0.05) is 57.9 Å². The number of rotatable bonds is 14. The van der Waals surface area contributed by atoms with Gasteiger partial charge >= 0.3 is 11.9 Å². The molecule has 1 amide bonds. The summed E-state index contributed by atoms with van der Waals surface area (Å²) >= 11 is 0.